The van der Waals surface area contributed by atoms with Gasteiger partial charge in [-0.3, -0.25) is 9.89 Å². The highest BCUT2D eigenvalue weighted by Crippen LogP contribution is 2.28. The van der Waals surface area contributed by atoms with E-state index < -0.39 is 29.9 Å². The number of H-pyrrole nitrogens is 1. The number of aliphatic hydroxyl groups excluding tert-OH is 1. The van der Waals surface area contributed by atoms with Gasteiger partial charge in [0.25, 0.3) is 5.91 Å². The molecule has 19 heavy (non-hydrogen) atoms. The zero-order chi connectivity index (χ0) is 14.2. The molecular weight excluding hydrogens is 265 g/mol. The predicted molar refractivity (Wildman–Crippen MR) is 58.1 cm³/mol. The Labute approximate surface area is 106 Å². The molecule has 1 saturated heterocycles. The Morgan fingerprint density at radius 2 is 2.26 bits per heavy atom. The lowest BCUT2D eigenvalue weighted by Crippen LogP contribution is -2.52. The van der Waals surface area contributed by atoms with Crippen LogP contribution in [0.1, 0.15) is 22.6 Å². The van der Waals surface area contributed by atoms with E-state index in [9.17, 15) is 23.1 Å². The molecule has 2 heterocycles. The van der Waals surface area contributed by atoms with E-state index in [0.717, 1.165) is 0 Å². The molecular formula is C10H13F3N4O2. The molecule has 1 amide bonds. The molecule has 0 aromatic carbocycles. The summed E-state index contributed by atoms with van der Waals surface area (Å²) in [4.78, 5) is 13.2. The maximum Gasteiger partial charge on any atom is 0.432 e. The summed E-state index contributed by atoms with van der Waals surface area (Å²) in [5.41, 5.74) is 4.18. The van der Waals surface area contributed by atoms with Crippen LogP contribution >= 0.6 is 0 Å². The lowest BCUT2D eigenvalue weighted by molar-refractivity contribution is -0.141. The molecule has 2 atom stereocenters. The maximum atomic E-state index is 12.4. The van der Waals surface area contributed by atoms with Crippen LogP contribution in [0, 0.1) is 0 Å². The molecule has 9 heteroatoms. The summed E-state index contributed by atoms with van der Waals surface area (Å²) in [6, 6.07) is 0.234. The summed E-state index contributed by atoms with van der Waals surface area (Å²) < 4.78 is 37.1. The van der Waals surface area contributed by atoms with Gasteiger partial charge in [0.2, 0.25) is 0 Å². The number of β-amino-alcohol motifs (C(OH)–C–C–N with tert-alkyl or cyclic N) is 1. The first kappa shape index (κ1) is 13.8. The Kier molecular flexibility index (Phi) is 3.50. The Morgan fingerprint density at radius 1 is 1.58 bits per heavy atom. The second-order valence-electron chi connectivity index (χ2n) is 4.44. The van der Waals surface area contributed by atoms with Crippen molar-refractivity contribution in [1.29, 1.82) is 0 Å². The van der Waals surface area contributed by atoms with E-state index >= 15 is 0 Å². The van der Waals surface area contributed by atoms with Gasteiger partial charge >= 0.3 is 6.18 Å². The summed E-state index contributed by atoms with van der Waals surface area (Å²) in [7, 11) is 0. The molecule has 1 aliphatic heterocycles. The number of nitrogens with zero attached hydrogens (tertiary/aromatic N) is 2. The molecule has 4 N–H and O–H groups in total. The highest BCUT2D eigenvalue weighted by Gasteiger charge is 2.35. The number of carbonyl (C=O) groups excluding carboxylic acids is 1. The van der Waals surface area contributed by atoms with Gasteiger partial charge < -0.3 is 15.7 Å². The van der Waals surface area contributed by atoms with Crippen LogP contribution in [0.5, 0.6) is 0 Å². The first-order chi connectivity index (χ1) is 8.79. The molecule has 0 unspecified atom stereocenters. The van der Waals surface area contributed by atoms with Crippen LogP contribution < -0.4 is 5.73 Å². The number of nitrogens with one attached hydrogen (secondary N) is 1. The normalized spacial score (nSPS) is 24.6. The summed E-state index contributed by atoms with van der Waals surface area (Å²) in [5.74, 6) is -0.655. The van der Waals surface area contributed by atoms with Gasteiger partial charge in [-0.1, -0.05) is 0 Å². The number of hydrogen-bond acceptors (Lipinski definition) is 4. The second kappa shape index (κ2) is 4.82. The smallest absolute Gasteiger partial charge is 0.390 e. The lowest BCUT2D eigenvalue weighted by Gasteiger charge is -2.33. The van der Waals surface area contributed by atoms with Gasteiger partial charge in [0.05, 0.1) is 6.10 Å². The minimum Gasteiger partial charge on any atom is -0.390 e. The van der Waals surface area contributed by atoms with E-state index in [1.54, 1.807) is 5.10 Å². The van der Waals surface area contributed by atoms with Crippen LogP contribution in [0.2, 0.25) is 0 Å². The molecule has 0 saturated carbocycles. The maximum absolute atomic E-state index is 12.4. The summed E-state index contributed by atoms with van der Waals surface area (Å²) in [5, 5.41) is 14.7. The van der Waals surface area contributed by atoms with Crippen molar-refractivity contribution in [3.63, 3.8) is 0 Å². The molecule has 0 spiro atoms. The highest BCUT2D eigenvalue weighted by molar-refractivity contribution is 5.92. The van der Waals surface area contributed by atoms with Crippen molar-refractivity contribution in [1.82, 2.24) is 15.1 Å². The Hall–Kier alpha value is -1.61. The van der Waals surface area contributed by atoms with Gasteiger partial charge in [0, 0.05) is 25.2 Å². The fourth-order valence-corrected chi connectivity index (χ4v) is 1.87. The third-order valence-corrected chi connectivity index (χ3v) is 3.02. The zero-order valence-electron chi connectivity index (χ0n) is 9.81. The molecule has 1 aliphatic rings. The number of carbonyl (C=O) groups is 1. The molecule has 0 radical (unpaired) electrons. The van der Waals surface area contributed by atoms with Gasteiger partial charge in [-0.05, 0) is 6.42 Å². The van der Waals surface area contributed by atoms with Crippen molar-refractivity contribution < 1.29 is 23.1 Å². The van der Waals surface area contributed by atoms with Crippen LogP contribution in [0.3, 0.4) is 0 Å². The molecule has 1 aromatic rings. The molecule has 6 nitrogen and oxygen atoms in total. The average molecular weight is 278 g/mol. The number of likely N-dealkylation sites (tertiary alicyclic amines) is 1. The summed E-state index contributed by atoms with van der Waals surface area (Å²) in [6.07, 6.45) is -5.06. The third-order valence-electron chi connectivity index (χ3n) is 3.02. The van der Waals surface area contributed by atoms with Crippen molar-refractivity contribution in [2.45, 2.75) is 24.7 Å². The standard InChI is InChI=1S/C10H13F3N4O2/c11-10(12,13)8-3-6(15-16-8)9(19)17-2-1-5(14)7(18)4-17/h3,5,7,18H,1-2,4,14H2,(H,15,16)/t5-,7-/m1/s1. The number of piperidine rings is 1. The monoisotopic (exact) mass is 278 g/mol. The van der Waals surface area contributed by atoms with Crippen LogP contribution in [0.4, 0.5) is 13.2 Å². The van der Waals surface area contributed by atoms with E-state index in [-0.39, 0.29) is 18.8 Å². The van der Waals surface area contributed by atoms with Gasteiger partial charge in [-0.2, -0.15) is 18.3 Å². The van der Waals surface area contributed by atoms with Crippen molar-refractivity contribution >= 4 is 5.91 Å². The van der Waals surface area contributed by atoms with Gasteiger partial charge in [-0.25, -0.2) is 0 Å². The average Bonchev–Trinajstić information content (AvgIpc) is 2.81. The predicted octanol–water partition coefficient (Wildman–Crippen LogP) is -0.0374. The van der Waals surface area contributed by atoms with Crippen LogP contribution in [-0.2, 0) is 6.18 Å². The number of halogens is 3. The molecule has 1 aromatic heterocycles. The van der Waals surface area contributed by atoms with Crippen LogP contribution in [0.25, 0.3) is 0 Å². The number of alkyl halides is 3. The Bertz CT molecular complexity index is 474. The Morgan fingerprint density at radius 3 is 2.79 bits per heavy atom. The first-order valence-electron chi connectivity index (χ1n) is 5.64. The van der Waals surface area contributed by atoms with Crippen molar-refractivity contribution in [3.05, 3.63) is 17.5 Å². The van der Waals surface area contributed by atoms with E-state index in [0.29, 0.717) is 12.5 Å². The first-order valence-corrected chi connectivity index (χ1v) is 5.64. The van der Waals surface area contributed by atoms with E-state index in [1.807, 2.05) is 0 Å². The second-order valence-corrected chi connectivity index (χ2v) is 4.44. The van der Waals surface area contributed by atoms with Crippen molar-refractivity contribution in [2.24, 2.45) is 5.73 Å². The number of aromatic nitrogens is 2. The number of aliphatic hydroxyl groups is 1. The summed E-state index contributed by atoms with van der Waals surface area (Å²) in [6.45, 7) is 0.277. The van der Waals surface area contributed by atoms with Gasteiger partial charge in [-0.15, -0.1) is 0 Å². The fourth-order valence-electron chi connectivity index (χ4n) is 1.87. The minimum atomic E-state index is -4.57. The fraction of sp³-hybridized carbons (Fsp3) is 0.600. The number of nitrogens with two attached hydrogens (primary N) is 1. The zero-order valence-corrected chi connectivity index (χ0v) is 9.81. The van der Waals surface area contributed by atoms with Crippen molar-refractivity contribution in [3.8, 4) is 0 Å². The molecule has 106 valence electrons. The largest absolute Gasteiger partial charge is 0.432 e. The highest BCUT2D eigenvalue weighted by atomic mass is 19.4. The van der Waals surface area contributed by atoms with E-state index in [1.165, 1.54) is 4.90 Å². The number of hydrogen-bond donors (Lipinski definition) is 3. The van der Waals surface area contributed by atoms with Crippen molar-refractivity contribution in [2.75, 3.05) is 13.1 Å². The lowest BCUT2D eigenvalue weighted by atomic mass is 10.0. The minimum absolute atomic E-state index is 0.00574. The van der Waals surface area contributed by atoms with Gasteiger partial charge in [0.15, 0.2) is 5.69 Å². The number of aromatic amines is 1. The number of amides is 1. The molecule has 0 bridgehead atoms. The SMILES string of the molecule is N[C@@H]1CCN(C(=O)c2cc(C(F)(F)F)[nH]n2)C[C@H]1O. The third kappa shape index (κ3) is 2.87. The molecule has 2 rings (SSSR count). The molecule has 0 aliphatic carbocycles. The summed E-state index contributed by atoms with van der Waals surface area (Å²) >= 11 is 0. The Balaban J connectivity index is 2.10. The van der Waals surface area contributed by atoms with E-state index in [4.69, 9.17) is 5.73 Å². The molecule has 1 fully saturated rings. The van der Waals surface area contributed by atoms with Crippen LogP contribution in [0.15, 0.2) is 6.07 Å². The van der Waals surface area contributed by atoms with Crippen LogP contribution in [-0.4, -0.2) is 51.3 Å². The quantitative estimate of drug-likeness (QED) is 0.672. The van der Waals surface area contributed by atoms with Gasteiger partial charge in [0.1, 0.15) is 5.69 Å². The number of rotatable bonds is 1. The van der Waals surface area contributed by atoms with E-state index in [2.05, 4.69) is 5.10 Å². The topological polar surface area (TPSA) is 95.2 Å².